The summed E-state index contributed by atoms with van der Waals surface area (Å²) in [6.07, 6.45) is 9.10. The Kier molecular flexibility index (Phi) is 4.10. The maximum atomic E-state index is 13.5. The van der Waals surface area contributed by atoms with Crippen LogP contribution in [0.2, 0.25) is 5.02 Å². The Labute approximate surface area is 183 Å². The second-order valence-corrected chi connectivity index (χ2v) is 8.95. The lowest BCUT2D eigenvalue weighted by molar-refractivity contribution is 0.405. The highest BCUT2D eigenvalue weighted by Crippen LogP contribution is 2.39. The largest absolute Gasteiger partial charge is 0.345 e. The van der Waals surface area contributed by atoms with Crippen LogP contribution in [0.4, 0.5) is 5.95 Å². The second-order valence-electron chi connectivity index (χ2n) is 8.58. The van der Waals surface area contributed by atoms with Gasteiger partial charge in [-0.15, -0.1) is 0 Å². The summed E-state index contributed by atoms with van der Waals surface area (Å²) in [5, 5.41) is 0.998. The molecule has 0 amide bonds. The molecule has 158 valence electrons. The van der Waals surface area contributed by atoms with Crippen molar-refractivity contribution in [1.82, 2.24) is 24.5 Å². The molecule has 3 N–H and O–H groups in total. The fourth-order valence-electron chi connectivity index (χ4n) is 5.35. The first kappa shape index (κ1) is 18.8. The normalized spacial score (nSPS) is 23.2. The minimum absolute atomic E-state index is 0.0965. The lowest BCUT2D eigenvalue weighted by atomic mass is 9.98. The molecule has 0 aliphatic carbocycles. The van der Waals surface area contributed by atoms with Crippen molar-refractivity contribution in [3.8, 4) is 11.1 Å². The molecule has 9 heteroatoms. The van der Waals surface area contributed by atoms with Crippen molar-refractivity contribution in [3.05, 3.63) is 46.1 Å². The van der Waals surface area contributed by atoms with Gasteiger partial charge >= 0.3 is 0 Å². The van der Waals surface area contributed by atoms with Crippen molar-refractivity contribution in [1.29, 1.82) is 0 Å². The molecule has 4 aromatic rings. The van der Waals surface area contributed by atoms with Crippen molar-refractivity contribution in [2.24, 2.45) is 12.8 Å². The zero-order chi connectivity index (χ0) is 21.3. The number of benzene rings is 1. The molecule has 1 aromatic carbocycles. The van der Waals surface area contributed by atoms with Crippen LogP contribution in [0, 0.1) is 0 Å². The van der Waals surface area contributed by atoms with Gasteiger partial charge in [0.15, 0.2) is 0 Å². The van der Waals surface area contributed by atoms with Crippen LogP contribution in [0.15, 0.2) is 35.5 Å². The fourth-order valence-corrected chi connectivity index (χ4v) is 5.66. The molecule has 2 aliphatic rings. The molecule has 2 unspecified atom stereocenters. The zero-order valence-corrected chi connectivity index (χ0v) is 17.8. The van der Waals surface area contributed by atoms with Gasteiger partial charge in [-0.2, -0.15) is 4.98 Å². The van der Waals surface area contributed by atoms with Gasteiger partial charge in [-0.1, -0.05) is 17.7 Å². The van der Waals surface area contributed by atoms with Crippen LogP contribution in [0.3, 0.4) is 0 Å². The number of aromatic amines is 1. The Morgan fingerprint density at radius 2 is 1.87 bits per heavy atom. The van der Waals surface area contributed by atoms with E-state index >= 15 is 0 Å². The summed E-state index contributed by atoms with van der Waals surface area (Å²) in [6.45, 7) is 0. The highest BCUT2D eigenvalue weighted by atomic mass is 35.5. The second kappa shape index (κ2) is 6.77. The fraction of sp³-hybridized carbons (Fsp3) is 0.364. The van der Waals surface area contributed by atoms with E-state index in [1.165, 1.54) is 0 Å². The van der Waals surface area contributed by atoms with Crippen molar-refractivity contribution < 1.29 is 0 Å². The van der Waals surface area contributed by atoms with E-state index in [-0.39, 0.29) is 11.6 Å². The summed E-state index contributed by atoms with van der Waals surface area (Å²) in [4.78, 5) is 32.5. The molecule has 0 spiro atoms. The lowest BCUT2D eigenvalue weighted by Crippen LogP contribution is -2.49. The number of nitrogens with two attached hydrogens (primary N) is 1. The van der Waals surface area contributed by atoms with Gasteiger partial charge in [0, 0.05) is 54.9 Å². The first-order valence-corrected chi connectivity index (χ1v) is 10.9. The van der Waals surface area contributed by atoms with E-state index in [4.69, 9.17) is 22.3 Å². The number of H-pyrrole nitrogens is 1. The van der Waals surface area contributed by atoms with Gasteiger partial charge in [0.2, 0.25) is 5.95 Å². The first-order valence-electron chi connectivity index (χ1n) is 10.5. The van der Waals surface area contributed by atoms with Crippen LogP contribution < -0.4 is 16.2 Å². The first-order chi connectivity index (χ1) is 15.0. The molecule has 31 heavy (non-hydrogen) atoms. The minimum Gasteiger partial charge on any atom is -0.345 e. The number of nitrogens with one attached hydrogen (secondary N) is 1. The molecule has 2 saturated heterocycles. The SMILES string of the molecule is Cn1c(N2C3CCC2CC(N)C3)nc2[nH]cc(-c3ccc4nccnc4c3Cl)c2c1=O. The number of anilines is 1. The highest BCUT2D eigenvalue weighted by molar-refractivity contribution is 6.38. The number of nitrogens with zero attached hydrogens (tertiary/aromatic N) is 5. The Balaban J connectivity index is 1.52. The van der Waals surface area contributed by atoms with Crippen molar-refractivity contribution in [2.45, 2.75) is 43.8 Å². The molecule has 2 bridgehead atoms. The number of hydrogen-bond acceptors (Lipinski definition) is 6. The van der Waals surface area contributed by atoms with Gasteiger partial charge in [-0.05, 0) is 31.7 Å². The molecule has 2 aliphatic heterocycles. The van der Waals surface area contributed by atoms with E-state index in [0.717, 1.165) is 36.8 Å². The highest BCUT2D eigenvalue weighted by Gasteiger charge is 2.41. The van der Waals surface area contributed by atoms with Crippen LogP contribution in [-0.2, 0) is 7.05 Å². The van der Waals surface area contributed by atoms with Crippen molar-refractivity contribution in [3.63, 3.8) is 0 Å². The van der Waals surface area contributed by atoms with Gasteiger partial charge in [0.25, 0.3) is 5.56 Å². The predicted molar refractivity (Wildman–Crippen MR) is 121 cm³/mol. The maximum Gasteiger partial charge on any atom is 0.264 e. The van der Waals surface area contributed by atoms with E-state index < -0.39 is 0 Å². The lowest BCUT2D eigenvalue weighted by Gasteiger charge is -2.38. The van der Waals surface area contributed by atoms with Gasteiger partial charge in [-0.25, -0.2) is 0 Å². The summed E-state index contributed by atoms with van der Waals surface area (Å²) < 4.78 is 1.66. The molecule has 2 fully saturated rings. The zero-order valence-electron chi connectivity index (χ0n) is 17.0. The molecule has 5 heterocycles. The molecular formula is C22H22ClN7O. The predicted octanol–water partition coefficient (Wildman–Crippen LogP) is 2.98. The van der Waals surface area contributed by atoms with E-state index in [2.05, 4.69) is 19.9 Å². The summed E-state index contributed by atoms with van der Waals surface area (Å²) in [6, 6.07) is 4.65. The Hall–Kier alpha value is -2.97. The van der Waals surface area contributed by atoms with Gasteiger partial charge in [0.05, 0.1) is 15.9 Å². The van der Waals surface area contributed by atoms with E-state index in [1.807, 2.05) is 12.1 Å². The number of rotatable bonds is 2. The maximum absolute atomic E-state index is 13.5. The molecule has 0 radical (unpaired) electrons. The van der Waals surface area contributed by atoms with E-state index in [9.17, 15) is 4.79 Å². The van der Waals surface area contributed by atoms with Gasteiger partial charge in [0.1, 0.15) is 11.2 Å². The van der Waals surface area contributed by atoms with Crippen LogP contribution in [0.25, 0.3) is 33.2 Å². The summed E-state index contributed by atoms with van der Waals surface area (Å²) >= 11 is 6.67. The standard InChI is InChI=1S/C22H22ClN7O/c1-29-21(31)17-15(14-4-5-16-19(18(14)23)26-7-6-25-16)10-27-20(17)28-22(29)30-12-2-3-13(30)9-11(24)8-12/h4-7,10-13,27H,2-3,8-9,24H2,1H3. The monoisotopic (exact) mass is 435 g/mol. The third-order valence-electron chi connectivity index (χ3n) is 6.76. The number of aromatic nitrogens is 5. The Bertz CT molecular complexity index is 1380. The summed E-state index contributed by atoms with van der Waals surface area (Å²) in [7, 11) is 1.79. The smallest absolute Gasteiger partial charge is 0.264 e. The summed E-state index contributed by atoms with van der Waals surface area (Å²) in [5.41, 5.74) is 9.48. The van der Waals surface area contributed by atoms with E-state index in [0.29, 0.717) is 45.1 Å². The van der Waals surface area contributed by atoms with Crippen LogP contribution in [0.5, 0.6) is 0 Å². The minimum atomic E-state index is -0.0965. The summed E-state index contributed by atoms with van der Waals surface area (Å²) in [5.74, 6) is 0.709. The van der Waals surface area contributed by atoms with Crippen LogP contribution in [-0.4, -0.2) is 42.6 Å². The average Bonchev–Trinajstić information content (AvgIpc) is 3.30. The number of fused-ring (bicyclic) bond motifs is 4. The van der Waals surface area contributed by atoms with Crippen LogP contribution >= 0.6 is 11.6 Å². The molecule has 0 saturated carbocycles. The number of hydrogen-bond donors (Lipinski definition) is 2. The third kappa shape index (κ3) is 2.71. The van der Waals surface area contributed by atoms with Crippen molar-refractivity contribution >= 4 is 39.6 Å². The molecule has 6 rings (SSSR count). The van der Waals surface area contributed by atoms with Gasteiger partial charge < -0.3 is 15.6 Å². The molecule has 2 atom stereocenters. The van der Waals surface area contributed by atoms with E-state index in [1.54, 1.807) is 30.2 Å². The van der Waals surface area contributed by atoms with Gasteiger partial charge in [-0.3, -0.25) is 19.3 Å². The molecule has 3 aromatic heterocycles. The Morgan fingerprint density at radius 1 is 1.13 bits per heavy atom. The third-order valence-corrected chi connectivity index (χ3v) is 7.14. The topological polar surface area (TPSA) is 106 Å². The van der Waals surface area contributed by atoms with Crippen molar-refractivity contribution in [2.75, 3.05) is 4.90 Å². The quantitative estimate of drug-likeness (QED) is 0.501. The molecular weight excluding hydrogens is 414 g/mol. The average molecular weight is 436 g/mol. The number of halogens is 1. The van der Waals surface area contributed by atoms with Crippen LogP contribution in [0.1, 0.15) is 25.7 Å². The molecule has 8 nitrogen and oxygen atoms in total. The number of piperidine rings is 1. The Morgan fingerprint density at radius 3 is 2.65 bits per heavy atom.